The number of likely N-dealkylation sites (N-methyl/N-ethyl adjacent to an activating group) is 1. The minimum absolute atomic E-state index is 0.0385. The number of anilines is 1. The Hall–Kier alpha value is -2.36. The van der Waals surface area contributed by atoms with Crippen molar-refractivity contribution in [2.45, 2.75) is 49.7 Å². The van der Waals surface area contributed by atoms with Crippen molar-refractivity contribution in [1.29, 1.82) is 0 Å². The van der Waals surface area contributed by atoms with E-state index in [4.69, 9.17) is 5.73 Å². The number of halogens is 3. The van der Waals surface area contributed by atoms with Gasteiger partial charge >= 0.3 is 0 Å². The number of hydrazone groups is 1. The van der Waals surface area contributed by atoms with E-state index >= 15 is 0 Å². The summed E-state index contributed by atoms with van der Waals surface area (Å²) in [7, 11) is 1.78. The first-order chi connectivity index (χ1) is 12.8. The predicted octanol–water partition coefficient (Wildman–Crippen LogP) is 1.41. The number of amides is 1. The van der Waals surface area contributed by atoms with Crippen molar-refractivity contribution in [1.82, 2.24) is 15.3 Å². The molecule has 1 saturated carbocycles. The molecule has 3 heterocycles. The molecule has 0 aromatic carbocycles. The summed E-state index contributed by atoms with van der Waals surface area (Å²) in [5.74, 6) is -4.51. The standard InChI is InChI=1S/C17H21F3N6O/c1-26-7-8(5-23-26)13-11-9(6-22-16(11)27)12(18)15(25-13)24-10-3-2-4-17(19,20)14(10)21/h5,8,10,14H,2-4,6-7,21H2,1H3,(H,22,27)(H,24,25). The number of nitrogens with one attached hydrogen (secondary N) is 2. The van der Waals surface area contributed by atoms with Crippen LogP contribution < -0.4 is 16.4 Å². The van der Waals surface area contributed by atoms with Crippen molar-refractivity contribution in [3.05, 3.63) is 22.6 Å². The van der Waals surface area contributed by atoms with E-state index < -0.39 is 23.8 Å². The Bertz CT molecular complexity index is 814. The maximum atomic E-state index is 15.0. The van der Waals surface area contributed by atoms with E-state index in [1.54, 1.807) is 18.3 Å². The van der Waals surface area contributed by atoms with E-state index in [-0.39, 0.29) is 48.2 Å². The van der Waals surface area contributed by atoms with E-state index in [2.05, 4.69) is 20.7 Å². The number of nitrogens with two attached hydrogens (primary N) is 1. The highest BCUT2D eigenvalue weighted by atomic mass is 19.3. The smallest absolute Gasteiger partial charge is 0.264 e. The zero-order valence-electron chi connectivity index (χ0n) is 14.8. The molecule has 0 saturated heterocycles. The third-order valence-corrected chi connectivity index (χ3v) is 5.44. The molecular formula is C17H21F3N6O. The summed E-state index contributed by atoms with van der Waals surface area (Å²) in [6, 6.07) is -2.23. The monoisotopic (exact) mass is 382 g/mol. The number of hydrogen-bond acceptors (Lipinski definition) is 6. The molecule has 4 N–H and O–H groups in total. The van der Waals surface area contributed by atoms with Crippen LogP contribution in [-0.2, 0) is 6.54 Å². The Balaban J connectivity index is 1.71. The van der Waals surface area contributed by atoms with Crippen LogP contribution in [0.3, 0.4) is 0 Å². The second-order valence-electron chi connectivity index (χ2n) is 7.34. The molecule has 3 atom stereocenters. The van der Waals surface area contributed by atoms with Crippen molar-refractivity contribution in [3.8, 4) is 0 Å². The topological polar surface area (TPSA) is 95.6 Å². The summed E-state index contributed by atoms with van der Waals surface area (Å²) >= 11 is 0. The summed E-state index contributed by atoms with van der Waals surface area (Å²) in [5.41, 5.74) is 6.52. The Morgan fingerprint density at radius 1 is 1.44 bits per heavy atom. The van der Waals surface area contributed by atoms with Gasteiger partial charge in [0.1, 0.15) is 0 Å². The van der Waals surface area contributed by atoms with Crippen LogP contribution in [0.25, 0.3) is 0 Å². The number of rotatable bonds is 3. The van der Waals surface area contributed by atoms with Gasteiger partial charge in [0.25, 0.3) is 11.8 Å². The SMILES string of the molecule is CN1CC(c2nc(NC3CCCC(F)(F)C3N)c(F)c3c2C(=O)NC3)C=N1. The van der Waals surface area contributed by atoms with Crippen molar-refractivity contribution in [2.75, 3.05) is 18.9 Å². The van der Waals surface area contributed by atoms with Gasteiger partial charge in [0.05, 0.1) is 23.2 Å². The van der Waals surface area contributed by atoms with Gasteiger partial charge in [0.2, 0.25) is 0 Å². The second kappa shape index (κ2) is 6.36. The minimum Gasteiger partial charge on any atom is -0.363 e. The molecule has 1 fully saturated rings. The van der Waals surface area contributed by atoms with Gasteiger partial charge in [-0.25, -0.2) is 18.2 Å². The average molecular weight is 382 g/mol. The lowest BCUT2D eigenvalue weighted by Crippen LogP contribution is -2.55. The summed E-state index contributed by atoms with van der Waals surface area (Å²) in [6.07, 6.45) is 2.06. The largest absolute Gasteiger partial charge is 0.363 e. The van der Waals surface area contributed by atoms with Gasteiger partial charge in [-0.15, -0.1) is 0 Å². The lowest BCUT2D eigenvalue weighted by atomic mass is 9.87. The number of fused-ring (bicyclic) bond motifs is 1. The van der Waals surface area contributed by atoms with Gasteiger partial charge < -0.3 is 16.4 Å². The summed E-state index contributed by atoms with van der Waals surface area (Å²) in [6.45, 7) is 0.537. The van der Waals surface area contributed by atoms with Gasteiger partial charge in [0.15, 0.2) is 11.6 Å². The lowest BCUT2D eigenvalue weighted by Gasteiger charge is -2.36. The number of nitrogens with zero attached hydrogens (tertiary/aromatic N) is 3. The number of alkyl halides is 2. The van der Waals surface area contributed by atoms with E-state index in [1.807, 2.05) is 0 Å². The molecular weight excluding hydrogens is 361 g/mol. The summed E-state index contributed by atoms with van der Waals surface area (Å²) in [5, 5.41) is 11.2. The van der Waals surface area contributed by atoms with Gasteiger partial charge in [-0.3, -0.25) is 9.80 Å². The molecule has 3 unspecified atom stereocenters. The predicted molar refractivity (Wildman–Crippen MR) is 93.4 cm³/mol. The first kappa shape index (κ1) is 18.0. The molecule has 10 heteroatoms. The van der Waals surface area contributed by atoms with Gasteiger partial charge in [-0.1, -0.05) is 0 Å². The number of aromatic nitrogens is 1. The lowest BCUT2D eigenvalue weighted by molar-refractivity contribution is -0.0555. The van der Waals surface area contributed by atoms with Crippen LogP contribution in [0.4, 0.5) is 19.0 Å². The van der Waals surface area contributed by atoms with Gasteiger partial charge in [0, 0.05) is 44.4 Å². The van der Waals surface area contributed by atoms with E-state index in [0.717, 1.165) is 0 Å². The van der Waals surface area contributed by atoms with Crippen molar-refractivity contribution in [2.24, 2.45) is 10.8 Å². The number of carbonyl (C=O) groups excluding carboxylic acids is 1. The molecule has 27 heavy (non-hydrogen) atoms. The maximum Gasteiger partial charge on any atom is 0.264 e. The van der Waals surface area contributed by atoms with Crippen LogP contribution in [0.2, 0.25) is 0 Å². The zero-order chi connectivity index (χ0) is 19.3. The van der Waals surface area contributed by atoms with Crippen molar-refractivity contribution < 1.29 is 18.0 Å². The highest BCUT2D eigenvalue weighted by Gasteiger charge is 2.45. The molecule has 0 radical (unpaired) electrons. The number of pyridine rings is 1. The summed E-state index contributed by atoms with van der Waals surface area (Å²) in [4.78, 5) is 16.5. The highest BCUT2D eigenvalue weighted by Crippen LogP contribution is 2.36. The molecule has 1 aliphatic carbocycles. The molecule has 7 nitrogen and oxygen atoms in total. The third kappa shape index (κ3) is 3.01. The van der Waals surface area contributed by atoms with Gasteiger partial charge in [-0.05, 0) is 12.8 Å². The molecule has 2 aliphatic heterocycles. The average Bonchev–Trinajstić information content (AvgIpc) is 3.21. The van der Waals surface area contributed by atoms with Gasteiger partial charge in [-0.2, -0.15) is 5.10 Å². The first-order valence-electron chi connectivity index (χ1n) is 8.93. The fourth-order valence-electron chi connectivity index (χ4n) is 3.94. The highest BCUT2D eigenvalue weighted by molar-refractivity contribution is 6.00. The molecule has 0 bridgehead atoms. The third-order valence-electron chi connectivity index (χ3n) is 5.44. The fraction of sp³-hybridized carbons (Fsp3) is 0.588. The Morgan fingerprint density at radius 2 is 2.22 bits per heavy atom. The fourth-order valence-corrected chi connectivity index (χ4v) is 3.94. The van der Waals surface area contributed by atoms with Crippen LogP contribution in [0.5, 0.6) is 0 Å². The minimum atomic E-state index is -3.01. The Labute approximate surface area is 154 Å². The number of hydrogen-bond donors (Lipinski definition) is 3. The van der Waals surface area contributed by atoms with Crippen molar-refractivity contribution >= 4 is 17.9 Å². The first-order valence-corrected chi connectivity index (χ1v) is 8.93. The maximum absolute atomic E-state index is 15.0. The van der Waals surface area contributed by atoms with E-state index in [0.29, 0.717) is 18.7 Å². The molecule has 146 valence electrons. The molecule has 1 amide bonds. The van der Waals surface area contributed by atoms with E-state index in [1.165, 1.54) is 0 Å². The van der Waals surface area contributed by atoms with Crippen LogP contribution in [0.15, 0.2) is 5.10 Å². The number of carbonyl (C=O) groups is 1. The Morgan fingerprint density at radius 3 is 2.93 bits per heavy atom. The van der Waals surface area contributed by atoms with Crippen LogP contribution in [-0.4, -0.2) is 53.7 Å². The van der Waals surface area contributed by atoms with Crippen LogP contribution in [0, 0.1) is 5.82 Å². The van der Waals surface area contributed by atoms with Crippen LogP contribution in [0.1, 0.15) is 46.8 Å². The molecule has 0 spiro atoms. The molecule has 1 aromatic heterocycles. The summed E-state index contributed by atoms with van der Waals surface area (Å²) < 4.78 is 42.8. The van der Waals surface area contributed by atoms with Crippen LogP contribution >= 0.6 is 0 Å². The van der Waals surface area contributed by atoms with Crippen molar-refractivity contribution in [3.63, 3.8) is 0 Å². The second-order valence-corrected chi connectivity index (χ2v) is 7.34. The Kier molecular flexibility index (Phi) is 4.25. The zero-order valence-corrected chi connectivity index (χ0v) is 14.8. The molecule has 3 aliphatic rings. The normalized spacial score (nSPS) is 29.0. The quantitative estimate of drug-likeness (QED) is 0.735. The van der Waals surface area contributed by atoms with E-state index in [9.17, 15) is 18.0 Å². The molecule has 4 rings (SSSR count). The molecule has 1 aromatic rings.